The number of thioether (sulfide) groups is 1. The number of esters is 1. The van der Waals surface area contributed by atoms with E-state index in [2.05, 4.69) is 10.1 Å². The summed E-state index contributed by atoms with van der Waals surface area (Å²) < 4.78 is 4.66. The zero-order chi connectivity index (χ0) is 13.5. The number of carboxylic acid groups (broad SMARTS) is 1. The number of nitrogens with one attached hydrogen (secondary N) is 1. The molecule has 0 spiro atoms. The van der Waals surface area contributed by atoms with Gasteiger partial charge in [0.1, 0.15) is 12.6 Å². The number of hydrogen-bond acceptors (Lipinski definition) is 5. The van der Waals surface area contributed by atoms with Crippen molar-refractivity contribution in [2.75, 3.05) is 31.2 Å². The molecule has 1 aliphatic heterocycles. The first-order valence-electron chi connectivity index (χ1n) is 5.57. The van der Waals surface area contributed by atoms with Crippen molar-refractivity contribution in [2.45, 2.75) is 13.0 Å². The maximum absolute atomic E-state index is 11.8. The Hall–Kier alpha value is -1.44. The monoisotopic (exact) mass is 276 g/mol. The number of ether oxygens (including phenoxy) is 1. The van der Waals surface area contributed by atoms with E-state index in [0.717, 1.165) is 0 Å². The third-order valence-electron chi connectivity index (χ3n) is 2.36. The van der Waals surface area contributed by atoms with Crippen LogP contribution in [0.3, 0.4) is 0 Å². The van der Waals surface area contributed by atoms with Gasteiger partial charge in [0, 0.05) is 18.1 Å². The molecule has 102 valence electrons. The molecule has 1 aliphatic rings. The van der Waals surface area contributed by atoms with Crippen LogP contribution in [0.1, 0.15) is 6.92 Å². The van der Waals surface area contributed by atoms with Crippen LogP contribution in [0.15, 0.2) is 0 Å². The van der Waals surface area contributed by atoms with Gasteiger partial charge in [-0.25, -0.2) is 9.59 Å². The molecule has 7 nitrogen and oxygen atoms in total. The van der Waals surface area contributed by atoms with E-state index < -0.39 is 24.0 Å². The first-order valence-corrected chi connectivity index (χ1v) is 6.72. The molecule has 1 atom stereocenters. The number of carboxylic acids is 1. The van der Waals surface area contributed by atoms with Crippen LogP contribution in [0.4, 0.5) is 4.79 Å². The van der Waals surface area contributed by atoms with E-state index >= 15 is 0 Å². The Morgan fingerprint density at radius 2 is 2.22 bits per heavy atom. The predicted octanol–water partition coefficient (Wildman–Crippen LogP) is -0.239. The Kier molecular flexibility index (Phi) is 5.76. The largest absolute Gasteiger partial charge is 0.480 e. The molecule has 0 radical (unpaired) electrons. The molecule has 2 amide bonds. The van der Waals surface area contributed by atoms with Gasteiger partial charge in [-0.15, -0.1) is 0 Å². The molecular weight excluding hydrogens is 260 g/mol. The number of rotatable bonds is 4. The number of carbonyl (C=O) groups is 3. The first-order chi connectivity index (χ1) is 8.56. The fraction of sp³-hybridized carbons (Fsp3) is 0.700. The van der Waals surface area contributed by atoms with Gasteiger partial charge in [-0.3, -0.25) is 4.79 Å². The van der Waals surface area contributed by atoms with Crippen molar-refractivity contribution in [1.29, 1.82) is 0 Å². The van der Waals surface area contributed by atoms with Crippen LogP contribution >= 0.6 is 11.8 Å². The van der Waals surface area contributed by atoms with E-state index in [0.29, 0.717) is 18.1 Å². The van der Waals surface area contributed by atoms with Crippen LogP contribution in [0.2, 0.25) is 0 Å². The SMILES string of the molecule is CCOC(=O)CNC(=O)N1CCSCC1C(=O)O. The highest BCUT2D eigenvalue weighted by Gasteiger charge is 2.32. The van der Waals surface area contributed by atoms with Crippen LogP contribution < -0.4 is 5.32 Å². The smallest absolute Gasteiger partial charge is 0.327 e. The standard InChI is InChI=1S/C10H16N2O5S/c1-2-17-8(13)5-11-10(16)12-3-4-18-6-7(12)9(14)15/h7H,2-6H2,1H3,(H,11,16)(H,14,15). The van der Waals surface area contributed by atoms with Crippen LogP contribution in [-0.2, 0) is 14.3 Å². The highest BCUT2D eigenvalue weighted by atomic mass is 32.2. The molecule has 18 heavy (non-hydrogen) atoms. The summed E-state index contributed by atoms with van der Waals surface area (Å²) in [6.07, 6.45) is 0. The summed E-state index contributed by atoms with van der Waals surface area (Å²) >= 11 is 1.49. The molecular formula is C10H16N2O5S. The summed E-state index contributed by atoms with van der Waals surface area (Å²) in [6, 6.07) is -1.39. The molecule has 0 aromatic heterocycles. The van der Waals surface area contributed by atoms with Gasteiger partial charge in [0.15, 0.2) is 0 Å². The Morgan fingerprint density at radius 3 is 2.83 bits per heavy atom. The molecule has 0 bridgehead atoms. The van der Waals surface area contributed by atoms with Crippen molar-refractivity contribution in [2.24, 2.45) is 0 Å². The topological polar surface area (TPSA) is 95.9 Å². The second kappa shape index (κ2) is 7.10. The van der Waals surface area contributed by atoms with Gasteiger partial charge in [0.2, 0.25) is 0 Å². The number of aliphatic carboxylic acids is 1. The molecule has 1 saturated heterocycles. The van der Waals surface area contributed by atoms with E-state index in [4.69, 9.17) is 5.11 Å². The van der Waals surface area contributed by atoms with Gasteiger partial charge in [-0.1, -0.05) is 0 Å². The minimum atomic E-state index is -1.03. The Morgan fingerprint density at radius 1 is 1.50 bits per heavy atom. The lowest BCUT2D eigenvalue weighted by molar-refractivity contribution is -0.141. The number of urea groups is 1. The highest BCUT2D eigenvalue weighted by molar-refractivity contribution is 7.99. The average Bonchev–Trinajstić information content (AvgIpc) is 2.36. The van der Waals surface area contributed by atoms with Crippen molar-refractivity contribution < 1.29 is 24.2 Å². The van der Waals surface area contributed by atoms with E-state index in [9.17, 15) is 14.4 Å². The second-order valence-electron chi connectivity index (χ2n) is 3.59. The third-order valence-corrected chi connectivity index (χ3v) is 3.39. The van der Waals surface area contributed by atoms with Crippen LogP contribution in [0.25, 0.3) is 0 Å². The number of hydrogen-bond donors (Lipinski definition) is 2. The lowest BCUT2D eigenvalue weighted by Crippen LogP contribution is -2.54. The molecule has 1 unspecified atom stereocenters. The molecule has 1 fully saturated rings. The number of carbonyl (C=O) groups excluding carboxylic acids is 2. The van der Waals surface area contributed by atoms with Crippen molar-refractivity contribution in [3.8, 4) is 0 Å². The first kappa shape index (κ1) is 14.6. The van der Waals surface area contributed by atoms with Crippen molar-refractivity contribution >= 4 is 29.7 Å². The molecule has 0 aromatic carbocycles. The summed E-state index contributed by atoms with van der Waals surface area (Å²) in [6.45, 7) is 2.02. The maximum Gasteiger partial charge on any atom is 0.327 e. The molecule has 0 saturated carbocycles. The van der Waals surface area contributed by atoms with E-state index in [1.54, 1.807) is 6.92 Å². The molecule has 0 aliphatic carbocycles. The Labute approximate surface area is 109 Å². The lowest BCUT2D eigenvalue weighted by atomic mass is 10.3. The normalized spacial score (nSPS) is 19.2. The van der Waals surface area contributed by atoms with Crippen molar-refractivity contribution in [3.05, 3.63) is 0 Å². The number of nitrogens with zero attached hydrogens (tertiary/aromatic N) is 1. The van der Waals surface area contributed by atoms with Crippen LogP contribution in [-0.4, -0.2) is 65.2 Å². The Balaban J connectivity index is 2.48. The highest BCUT2D eigenvalue weighted by Crippen LogP contribution is 2.16. The zero-order valence-corrected chi connectivity index (χ0v) is 10.9. The summed E-state index contributed by atoms with van der Waals surface area (Å²) in [5.74, 6) is -0.517. The summed E-state index contributed by atoms with van der Waals surface area (Å²) in [5.41, 5.74) is 0. The predicted molar refractivity (Wildman–Crippen MR) is 65.5 cm³/mol. The minimum absolute atomic E-state index is 0.243. The van der Waals surface area contributed by atoms with Gasteiger partial charge in [-0.2, -0.15) is 11.8 Å². The maximum atomic E-state index is 11.8. The van der Waals surface area contributed by atoms with Crippen LogP contribution in [0, 0.1) is 0 Å². The Bertz CT molecular complexity index is 336. The van der Waals surface area contributed by atoms with Gasteiger partial charge in [0.05, 0.1) is 6.61 Å². The molecule has 8 heteroatoms. The van der Waals surface area contributed by atoms with E-state index in [-0.39, 0.29) is 13.2 Å². The molecule has 1 rings (SSSR count). The molecule has 2 N–H and O–H groups in total. The second-order valence-corrected chi connectivity index (χ2v) is 4.74. The van der Waals surface area contributed by atoms with Gasteiger partial charge >= 0.3 is 18.0 Å². The summed E-state index contributed by atoms with van der Waals surface area (Å²) in [7, 11) is 0. The summed E-state index contributed by atoms with van der Waals surface area (Å²) in [4.78, 5) is 35.0. The van der Waals surface area contributed by atoms with Crippen molar-refractivity contribution in [3.63, 3.8) is 0 Å². The van der Waals surface area contributed by atoms with E-state index in [1.165, 1.54) is 16.7 Å². The molecule has 0 aromatic rings. The lowest BCUT2D eigenvalue weighted by Gasteiger charge is -2.32. The van der Waals surface area contributed by atoms with E-state index in [1.807, 2.05) is 0 Å². The van der Waals surface area contributed by atoms with Gasteiger partial charge in [0.25, 0.3) is 0 Å². The third kappa shape index (κ3) is 4.10. The average molecular weight is 276 g/mol. The summed E-state index contributed by atoms with van der Waals surface area (Å²) in [5, 5.41) is 11.4. The van der Waals surface area contributed by atoms with Crippen LogP contribution in [0.5, 0.6) is 0 Å². The van der Waals surface area contributed by atoms with Gasteiger partial charge in [-0.05, 0) is 6.92 Å². The zero-order valence-electron chi connectivity index (χ0n) is 10.0. The quantitative estimate of drug-likeness (QED) is 0.688. The minimum Gasteiger partial charge on any atom is -0.480 e. The molecule has 1 heterocycles. The fourth-order valence-electron chi connectivity index (χ4n) is 1.51. The fourth-order valence-corrected chi connectivity index (χ4v) is 2.55. The van der Waals surface area contributed by atoms with Gasteiger partial charge < -0.3 is 20.1 Å². The number of amides is 2. The van der Waals surface area contributed by atoms with Crippen molar-refractivity contribution in [1.82, 2.24) is 10.2 Å².